The molecule has 2 atom stereocenters. The van der Waals surface area contributed by atoms with E-state index in [-0.39, 0.29) is 0 Å². The van der Waals surface area contributed by atoms with E-state index in [0.29, 0.717) is 0 Å². The Kier molecular flexibility index (Phi) is 4.56. The first kappa shape index (κ1) is 14.4. The molecule has 2 rings (SSSR count). The molecule has 106 valence electrons. The van der Waals surface area contributed by atoms with Crippen molar-refractivity contribution in [3.8, 4) is 0 Å². The van der Waals surface area contributed by atoms with Crippen LogP contribution < -0.4 is 5.73 Å². The average molecular weight is 267 g/mol. The predicted molar refractivity (Wildman–Crippen MR) is 73.7 cm³/mol. The van der Waals surface area contributed by atoms with Crippen LogP contribution >= 0.6 is 0 Å². The number of nitrogens with two attached hydrogens (primary N) is 1. The van der Waals surface area contributed by atoms with Gasteiger partial charge in [0.05, 0.1) is 0 Å². The van der Waals surface area contributed by atoms with Gasteiger partial charge in [0.1, 0.15) is 0 Å². The third kappa shape index (κ3) is 3.33. The van der Waals surface area contributed by atoms with Gasteiger partial charge in [0.15, 0.2) is 11.6 Å². The highest BCUT2D eigenvalue weighted by Crippen LogP contribution is 2.37. The molecule has 3 heteroatoms. The van der Waals surface area contributed by atoms with Gasteiger partial charge in [0, 0.05) is 5.54 Å². The first-order chi connectivity index (χ1) is 9.05. The van der Waals surface area contributed by atoms with Crippen molar-refractivity contribution >= 4 is 0 Å². The molecule has 19 heavy (non-hydrogen) atoms. The molecule has 2 unspecified atom stereocenters. The van der Waals surface area contributed by atoms with E-state index in [1.165, 1.54) is 31.4 Å². The van der Waals surface area contributed by atoms with Crippen LogP contribution in [0.1, 0.15) is 57.4 Å². The van der Waals surface area contributed by atoms with Crippen LogP contribution in [0.25, 0.3) is 0 Å². The van der Waals surface area contributed by atoms with Crippen molar-refractivity contribution in [2.75, 3.05) is 0 Å². The highest BCUT2D eigenvalue weighted by Gasteiger charge is 2.31. The number of hydrogen-bond acceptors (Lipinski definition) is 1. The number of halogens is 2. The zero-order valence-electron chi connectivity index (χ0n) is 11.6. The van der Waals surface area contributed by atoms with Crippen LogP contribution in [0, 0.1) is 17.6 Å². The number of rotatable bonds is 3. The number of hydrogen-bond donors (Lipinski definition) is 1. The monoisotopic (exact) mass is 267 g/mol. The minimum atomic E-state index is -0.801. The maximum absolute atomic E-state index is 13.4. The van der Waals surface area contributed by atoms with Gasteiger partial charge >= 0.3 is 0 Å². The lowest BCUT2D eigenvalue weighted by Crippen LogP contribution is -2.36. The quantitative estimate of drug-likeness (QED) is 0.802. The highest BCUT2D eigenvalue weighted by atomic mass is 19.2. The SMILES string of the molecule is CCCC1CCCC(N)(c2ccc(F)c(F)c2)CC1. The second kappa shape index (κ2) is 6.00. The summed E-state index contributed by atoms with van der Waals surface area (Å²) < 4.78 is 26.4. The van der Waals surface area contributed by atoms with Crippen LogP contribution in [0.2, 0.25) is 0 Å². The zero-order valence-corrected chi connectivity index (χ0v) is 11.6. The lowest BCUT2D eigenvalue weighted by molar-refractivity contribution is 0.364. The first-order valence-corrected chi connectivity index (χ1v) is 7.29. The molecule has 1 aromatic carbocycles. The Morgan fingerprint density at radius 1 is 1.21 bits per heavy atom. The molecule has 1 saturated carbocycles. The molecule has 0 saturated heterocycles. The van der Waals surface area contributed by atoms with E-state index in [0.717, 1.165) is 37.2 Å². The molecule has 0 radical (unpaired) electrons. The van der Waals surface area contributed by atoms with E-state index in [2.05, 4.69) is 6.92 Å². The minimum Gasteiger partial charge on any atom is -0.321 e. The third-order valence-electron chi connectivity index (χ3n) is 4.43. The van der Waals surface area contributed by atoms with Crippen LogP contribution in [-0.4, -0.2) is 0 Å². The van der Waals surface area contributed by atoms with Gasteiger partial charge in [-0.25, -0.2) is 8.78 Å². The van der Waals surface area contributed by atoms with Gasteiger partial charge in [-0.05, 0) is 42.9 Å². The molecule has 0 bridgehead atoms. The number of benzene rings is 1. The van der Waals surface area contributed by atoms with Gasteiger partial charge < -0.3 is 5.73 Å². The molecule has 0 spiro atoms. The van der Waals surface area contributed by atoms with E-state index in [1.807, 2.05) is 0 Å². The van der Waals surface area contributed by atoms with Crippen molar-refractivity contribution in [1.82, 2.24) is 0 Å². The van der Waals surface area contributed by atoms with Crippen molar-refractivity contribution in [3.05, 3.63) is 35.4 Å². The molecule has 2 N–H and O–H groups in total. The summed E-state index contributed by atoms with van der Waals surface area (Å²) in [5.41, 5.74) is 6.72. The molecular weight excluding hydrogens is 244 g/mol. The van der Waals surface area contributed by atoms with Crippen LogP contribution in [-0.2, 0) is 5.54 Å². The lowest BCUT2D eigenvalue weighted by Gasteiger charge is -2.29. The summed E-state index contributed by atoms with van der Waals surface area (Å²) in [6.07, 6.45) is 7.53. The van der Waals surface area contributed by atoms with Crippen molar-refractivity contribution in [2.45, 2.75) is 57.4 Å². The lowest BCUT2D eigenvalue weighted by atomic mass is 9.83. The fourth-order valence-corrected chi connectivity index (χ4v) is 3.23. The van der Waals surface area contributed by atoms with E-state index in [4.69, 9.17) is 5.73 Å². The van der Waals surface area contributed by atoms with Gasteiger partial charge in [-0.3, -0.25) is 0 Å². The van der Waals surface area contributed by atoms with E-state index >= 15 is 0 Å². The van der Waals surface area contributed by atoms with Crippen LogP contribution in [0.15, 0.2) is 18.2 Å². The maximum Gasteiger partial charge on any atom is 0.159 e. The first-order valence-electron chi connectivity index (χ1n) is 7.29. The van der Waals surface area contributed by atoms with Crippen LogP contribution in [0.4, 0.5) is 8.78 Å². The minimum absolute atomic E-state index is 0.489. The zero-order chi connectivity index (χ0) is 13.9. The molecule has 0 heterocycles. The second-order valence-electron chi connectivity index (χ2n) is 5.87. The maximum atomic E-state index is 13.4. The largest absolute Gasteiger partial charge is 0.321 e. The van der Waals surface area contributed by atoms with E-state index < -0.39 is 17.2 Å². The van der Waals surface area contributed by atoms with Crippen molar-refractivity contribution in [1.29, 1.82) is 0 Å². The molecule has 1 aromatic rings. The molecule has 1 aliphatic rings. The van der Waals surface area contributed by atoms with E-state index in [1.54, 1.807) is 6.07 Å². The van der Waals surface area contributed by atoms with Gasteiger partial charge in [0.25, 0.3) is 0 Å². The van der Waals surface area contributed by atoms with Gasteiger partial charge in [-0.1, -0.05) is 38.7 Å². The predicted octanol–water partition coefficient (Wildman–Crippen LogP) is 4.50. The van der Waals surface area contributed by atoms with Gasteiger partial charge in [0.2, 0.25) is 0 Å². The molecule has 1 aliphatic carbocycles. The molecule has 0 aliphatic heterocycles. The van der Waals surface area contributed by atoms with Crippen molar-refractivity contribution in [3.63, 3.8) is 0 Å². The second-order valence-corrected chi connectivity index (χ2v) is 5.87. The van der Waals surface area contributed by atoms with Crippen molar-refractivity contribution in [2.24, 2.45) is 11.7 Å². The summed E-state index contributed by atoms with van der Waals surface area (Å²) >= 11 is 0. The fraction of sp³-hybridized carbons (Fsp3) is 0.625. The van der Waals surface area contributed by atoms with Crippen LogP contribution in [0.5, 0.6) is 0 Å². The van der Waals surface area contributed by atoms with Crippen molar-refractivity contribution < 1.29 is 8.78 Å². The Balaban J connectivity index is 2.15. The molecule has 0 aromatic heterocycles. The smallest absolute Gasteiger partial charge is 0.159 e. The summed E-state index contributed by atoms with van der Waals surface area (Å²) in [7, 11) is 0. The fourth-order valence-electron chi connectivity index (χ4n) is 3.23. The molecule has 0 amide bonds. The third-order valence-corrected chi connectivity index (χ3v) is 4.43. The standard InChI is InChI=1S/C16H23F2N/c1-2-4-12-5-3-9-16(19,10-8-12)13-6-7-14(17)15(18)11-13/h6-7,11-12H,2-5,8-10,19H2,1H3. The Morgan fingerprint density at radius 2 is 2.00 bits per heavy atom. The van der Waals surface area contributed by atoms with Crippen LogP contribution in [0.3, 0.4) is 0 Å². The normalized spacial score (nSPS) is 28.1. The molecular formula is C16H23F2N. The summed E-state index contributed by atoms with van der Waals surface area (Å²) in [5, 5.41) is 0. The summed E-state index contributed by atoms with van der Waals surface area (Å²) in [5.74, 6) is -0.859. The van der Waals surface area contributed by atoms with Gasteiger partial charge in [-0.15, -0.1) is 0 Å². The Bertz CT molecular complexity index is 433. The highest BCUT2D eigenvalue weighted by molar-refractivity contribution is 5.26. The summed E-state index contributed by atoms with van der Waals surface area (Å²) in [6.45, 7) is 2.20. The molecule has 1 nitrogen and oxygen atoms in total. The van der Waals surface area contributed by atoms with E-state index in [9.17, 15) is 8.78 Å². The average Bonchev–Trinajstić information content (AvgIpc) is 2.57. The topological polar surface area (TPSA) is 26.0 Å². The summed E-state index contributed by atoms with van der Waals surface area (Å²) in [4.78, 5) is 0. The molecule has 1 fully saturated rings. The summed E-state index contributed by atoms with van der Waals surface area (Å²) in [6, 6.07) is 4.10. The Morgan fingerprint density at radius 3 is 2.68 bits per heavy atom. The Labute approximate surface area is 114 Å². The van der Waals surface area contributed by atoms with Gasteiger partial charge in [-0.2, -0.15) is 0 Å². The Hall–Kier alpha value is -0.960.